The number of sulfonamides is 1. The van der Waals surface area contributed by atoms with Gasteiger partial charge in [0.1, 0.15) is 5.84 Å². The van der Waals surface area contributed by atoms with Gasteiger partial charge in [-0.15, -0.1) is 4.28 Å². The summed E-state index contributed by atoms with van der Waals surface area (Å²) in [7, 11) is -8.95. The van der Waals surface area contributed by atoms with E-state index in [1.165, 1.54) is 0 Å². The minimum Gasteiger partial charge on any atom is -0.378 e. The van der Waals surface area contributed by atoms with Crippen LogP contribution in [0.15, 0.2) is 0 Å². The molecule has 22 heavy (non-hydrogen) atoms. The molecule has 4 N–H and O–H groups in total. The molecular weight excluding hydrogens is 344 g/mol. The van der Waals surface area contributed by atoms with Crippen LogP contribution in [0.3, 0.4) is 0 Å². The van der Waals surface area contributed by atoms with Crippen molar-refractivity contribution in [3.63, 3.8) is 0 Å². The summed E-state index contributed by atoms with van der Waals surface area (Å²) >= 11 is 0. The number of fused-ring (bicyclic) bond motifs is 2. The number of carbonyl (C=O) groups is 1. The van der Waals surface area contributed by atoms with Crippen LogP contribution in [0.1, 0.15) is 12.8 Å². The van der Waals surface area contributed by atoms with Crippen molar-refractivity contribution in [1.29, 1.82) is 5.41 Å². The van der Waals surface area contributed by atoms with E-state index in [0.29, 0.717) is 5.06 Å². The van der Waals surface area contributed by atoms with E-state index in [1.807, 2.05) is 4.72 Å². The first-order valence-electron chi connectivity index (χ1n) is 6.00. The average Bonchev–Trinajstić information content (AvgIpc) is 2.62. The predicted molar refractivity (Wildman–Crippen MR) is 70.3 cm³/mol. The molecule has 0 radical (unpaired) electrons. The minimum absolute atomic E-state index is 0.0161. The lowest BCUT2D eigenvalue weighted by Crippen LogP contribution is -2.51. The second-order valence-electron chi connectivity index (χ2n) is 4.77. The van der Waals surface area contributed by atoms with E-state index < -0.39 is 50.3 Å². The zero-order valence-electron chi connectivity index (χ0n) is 11.0. The topological polar surface area (TPSA) is 177 Å². The molecule has 12 nitrogen and oxygen atoms in total. The van der Waals surface area contributed by atoms with Gasteiger partial charge < -0.3 is 10.0 Å². The number of carbonyl (C=O) groups excluding carboxylic acids is 1. The molecule has 0 aliphatic carbocycles. The monoisotopic (exact) mass is 358 g/mol. The molecule has 2 aliphatic heterocycles. The van der Waals surface area contributed by atoms with Gasteiger partial charge in [-0.25, -0.2) is 13.2 Å². The van der Waals surface area contributed by atoms with Crippen LogP contribution in [0.4, 0.5) is 4.79 Å². The summed E-state index contributed by atoms with van der Waals surface area (Å²) < 4.78 is 58.6. The molecule has 2 amide bonds. The summed E-state index contributed by atoms with van der Waals surface area (Å²) in [6, 6.07) is -2.47. The van der Waals surface area contributed by atoms with Crippen molar-refractivity contribution in [1.82, 2.24) is 14.7 Å². The van der Waals surface area contributed by atoms with Crippen molar-refractivity contribution in [2.24, 2.45) is 0 Å². The molecule has 0 aromatic heterocycles. The third-order valence-electron chi connectivity index (χ3n) is 3.27. The Morgan fingerprint density at radius 2 is 2.00 bits per heavy atom. The van der Waals surface area contributed by atoms with Gasteiger partial charge in [-0.2, -0.15) is 13.5 Å². The Hall–Kier alpha value is -1.48. The zero-order valence-corrected chi connectivity index (χ0v) is 12.7. The number of nitrogens with zero attached hydrogens (tertiary/aromatic N) is 2. The van der Waals surface area contributed by atoms with Crippen molar-refractivity contribution in [2.75, 3.05) is 12.5 Å². The highest BCUT2D eigenvalue weighted by Gasteiger charge is 2.48. The van der Waals surface area contributed by atoms with Gasteiger partial charge in [0.15, 0.2) is 5.94 Å². The van der Waals surface area contributed by atoms with E-state index in [9.17, 15) is 21.6 Å². The molecule has 2 bridgehead atoms. The Morgan fingerprint density at radius 1 is 1.36 bits per heavy atom. The van der Waals surface area contributed by atoms with Crippen molar-refractivity contribution in [2.45, 2.75) is 24.9 Å². The van der Waals surface area contributed by atoms with E-state index in [0.717, 1.165) is 4.90 Å². The van der Waals surface area contributed by atoms with E-state index in [2.05, 4.69) is 4.28 Å². The maximum atomic E-state index is 12.0. The summed E-state index contributed by atoms with van der Waals surface area (Å²) in [6.07, 6.45) is 0.431. The zero-order chi connectivity index (χ0) is 16.7. The second kappa shape index (κ2) is 5.62. The molecule has 0 aromatic rings. The number of piperidine rings is 1. The number of amides is 2. The Labute approximate surface area is 126 Å². The van der Waals surface area contributed by atoms with Crippen LogP contribution >= 0.6 is 0 Å². The third kappa shape index (κ3) is 3.46. The van der Waals surface area contributed by atoms with Crippen molar-refractivity contribution < 1.29 is 35.6 Å². The molecular formula is C8H14N4O8S2. The van der Waals surface area contributed by atoms with Gasteiger partial charge in [-0.3, -0.25) is 14.7 Å². The van der Waals surface area contributed by atoms with Crippen molar-refractivity contribution in [3.8, 4) is 0 Å². The molecule has 0 aromatic carbocycles. The molecule has 2 unspecified atom stereocenters. The molecule has 2 rings (SSSR count). The number of aliphatic hydroxyl groups excluding tert-OH is 1. The number of rotatable bonds is 5. The number of hydrogen-bond acceptors (Lipinski definition) is 8. The largest absolute Gasteiger partial charge is 0.418 e. The van der Waals surface area contributed by atoms with Crippen LogP contribution in [0, 0.1) is 5.41 Å². The molecule has 0 saturated carbocycles. The fourth-order valence-electron chi connectivity index (χ4n) is 2.40. The first-order valence-corrected chi connectivity index (χ1v) is 9.02. The highest BCUT2D eigenvalue weighted by molar-refractivity contribution is 7.89. The smallest absolute Gasteiger partial charge is 0.378 e. The standard InChI is InChI=1S/C8H14N4O8S2/c9-7(10-21(15,16)4-13)6-2-1-5-3-11(6)8(14)12(5)20-22(17,18)19/h5-6,13H,1-4H2,(H2,9,10)(H,17,18,19). The van der Waals surface area contributed by atoms with Crippen LogP contribution < -0.4 is 4.72 Å². The molecule has 2 atom stereocenters. The SMILES string of the molecule is N=C(NS(=O)(=O)CO)C1CCC2CN1C(=O)N2OS(=O)(=O)O. The van der Waals surface area contributed by atoms with Crippen LogP contribution in [0.2, 0.25) is 0 Å². The molecule has 2 aliphatic rings. The number of aliphatic hydroxyl groups is 1. The second-order valence-corrected chi connectivity index (χ2v) is 7.47. The number of nitrogens with one attached hydrogen (secondary N) is 2. The van der Waals surface area contributed by atoms with Crippen molar-refractivity contribution >= 4 is 32.3 Å². The summed E-state index contributed by atoms with van der Waals surface area (Å²) in [4.78, 5) is 13.1. The lowest BCUT2D eigenvalue weighted by molar-refractivity contribution is -0.0316. The first kappa shape index (κ1) is 16.9. The Morgan fingerprint density at radius 3 is 2.55 bits per heavy atom. The molecule has 14 heteroatoms. The third-order valence-corrected chi connectivity index (χ3v) is 4.49. The number of amidine groups is 1. The summed E-state index contributed by atoms with van der Waals surface area (Å²) in [6.45, 7) is 0.0161. The summed E-state index contributed by atoms with van der Waals surface area (Å²) in [5.41, 5.74) is 0. The maximum absolute atomic E-state index is 12.0. The first-order chi connectivity index (χ1) is 10.0. The van der Waals surface area contributed by atoms with Gasteiger partial charge in [0.05, 0.1) is 12.1 Å². The minimum atomic E-state index is -4.87. The predicted octanol–water partition coefficient (Wildman–Crippen LogP) is -2.16. The van der Waals surface area contributed by atoms with E-state index >= 15 is 0 Å². The van der Waals surface area contributed by atoms with Crippen LogP contribution in [-0.2, 0) is 24.7 Å². The number of hydrogen-bond donors (Lipinski definition) is 4. The molecule has 2 fully saturated rings. The van der Waals surface area contributed by atoms with E-state index in [-0.39, 0.29) is 19.4 Å². The van der Waals surface area contributed by atoms with Gasteiger partial charge in [0.2, 0.25) is 0 Å². The van der Waals surface area contributed by atoms with Gasteiger partial charge in [0.25, 0.3) is 10.0 Å². The van der Waals surface area contributed by atoms with Crippen LogP contribution in [-0.4, -0.2) is 72.9 Å². The van der Waals surface area contributed by atoms with Crippen LogP contribution in [0.25, 0.3) is 0 Å². The van der Waals surface area contributed by atoms with Crippen LogP contribution in [0.5, 0.6) is 0 Å². The van der Waals surface area contributed by atoms with Gasteiger partial charge in [-0.1, -0.05) is 0 Å². The van der Waals surface area contributed by atoms with E-state index in [1.54, 1.807) is 0 Å². The molecule has 2 saturated heterocycles. The Kier molecular flexibility index (Phi) is 4.31. The average molecular weight is 358 g/mol. The lowest BCUT2D eigenvalue weighted by Gasteiger charge is -2.30. The van der Waals surface area contributed by atoms with Crippen molar-refractivity contribution in [3.05, 3.63) is 0 Å². The number of urea groups is 1. The highest BCUT2D eigenvalue weighted by Crippen LogP contribution is 2.30. The normalized spacial score (nSPS) is 25.5. The fraction of sp³-hybridized carbons (Fsp3) is 0.750. The van der Waals surface area contributed by atoms with Gasteiger partial charge >= 0.3 is 16.4 Å². The molecule has 2 heterocycles. The highest BCUT2D eigenvalue weighted by atomic mass is 32.3. The fourth-order valence-corrected chi connectivity index (χ4v) is 3.32. The maximum Gasteiger partial charge on any atom is 0.418 e. The van der Waals surface area contributed by atoms with Gasteiger partial charge in [-0.05, 0) is 12.8 Å². The summed E-state index contributed by atoms with van der Waals surface area (Å²) in [5, 5.41) is 16.8. The van der Waals surface area contributed by atoms with Gasteiger partial charge in [0, 0.05) is 6.54 Å². The quantitative estimate of drug-likeness (QED) is 0.244. The summed E-state index contributed by atoms with van der Waals surface area (Å²) in [5.74, 6) is -1.73. The molecule has 126 valence electrons. The Balaban J connectivity index is 2.14. The Bertz CT molecular complexity index is 689. The molecule has 0 spiro atoms. The number of hydroxylamine groups is 2. The lowest BCUT2D eigenvalue weighted by atomic mass is 10.0. The van der Waals surface area contributed by atoms with E-state index in [4.69, 9.17) is 15.1 Å².